The number of aryl methyl sites for hydroxylation is 1. The molecule has 0 saturated carbocycles. The first-order chi connectivity index (χ1) is 14.3. The maximum atomic E-state index is 13.3. The predicted molar refractivity (Wildman–Crippen MR) is 118 cm³/mol. The van der Waals surface area contributed by atoms with Gasteiger partial charge in [0, 0.05) is 32.4 Å². The molecular weight excluding hydrogens is 382 g/mol. The summed E-state index contributed by atoms with van der Waals surface area (Å²) in [5, 5.41) is 0. The second kappa shape index (κ2) is 7.66. The van der Waals surface area contributed by atoms with Crippen molar-refractivity contribution in [2.75, 3.05) is 18.1 Å². The van der Waals surface area contributed by atoms with Crippen LogP contribution in [0.4, 0.5) is 11.6 Å². The standard InChI is InChI=1S/C22H29N5O3/c1-6-30-17-9-7-16(8-10-17)25-12-15(4)13-26-18-19(23-21(25)26)24(5)22(29)27(20(18)28)11-14(2)3/h7-10,14-15H,6,11-13H2,1-5H3. The average molecular weight is 412 g/mol. The summed E-state index contributed by atoms with van der Waals surface area (Å²) in [7, 11) is 1.69. The van der Waals surface area contributed by atoms with Gasteiger partial charge in [-0.05, 0) is 43.0 Å². The van der Waals surface area contributed by atoms with Crippen LogP contribution in [-0.4, -0.2) is 31.8 Å². The maximum absolute atomic E-state index is 13.3. The summed E-state index contributed by atoms with van der Waals surface area (Å²) in [6.07, 6.45) is 0. The molecule has 1 aliphatic heterocycles. The fourth-order valence-corrected chi connectivity index (χ4v) is 4.14. The van der Waals surface area contributed by atoms with E-state index in [9.17, 15) is 9.59 Å². The van der Waals surface area contributed by atoms with Gasteiger partial charge in [0.2, 0.25) is 5.95 Å². The van der Waals surface area contributed by atoms with E-state index in [4.69, 9.17) is 9.72 Å². The SMILES string of the molecule is CCOc1ccc(N2CC(C)Cn3c2nc2c3c(=O)n(CC(C)C)c(=O)n2C)cc1. The van der Waals surface area contributed by atoms with Crippen LogP contribution in [0, 0.1) is 11.8 Å². The van der Waals surface area contributed by atoms with Gasteiger partial charge in [-0.2, -0.15) is 4.98 Å². The van der Waals surface area contributed by atoms with Crippen molar-refractivity contribution < 1.29 is 4.74 Å². The van der Waals surface area contributed by atoms with E-state index in [1.165, 1.54) is 9.13 Å². The number of benzene rings is 1. The zero-order chi connectivity index (χ0) is 21.6. The molecule has 0 saturated heterocycles. The van der Waals surface area contributed by atoms with Crippen molar-refractivity contribution >= 4 is 22.8 Å². The lowest BCUT2D eigenvalue weighted by atomic mass is 10.1. The molecule has 4 rings (SSSR count). The molecule has 1 aliphatic rings. The minimum absolute atomic E-state index is 0.191. The number of nitrogens with zero attached hydrogens (tertiary/aromatic N) is 5. The highest BCUT2D eigenvalue weighted by atomic mass is 16.5. The van der Waals surface area contributed by atoms with Crippen LogP contribution in [0.2, 0.25) is 0 Å². The Labute approximate surface area is 175 Å². The fourth-order valence-electron chi connectivity index (χ4n) is 4.14. The van der Waals surface area contributed by atoms with Gasteiger partial charge in [-0.3, -0.25) is 13.9 Å². The van der Waals surface area contributed by atoms with E-state index in [1.807, 2.05) is 49.6 Å². The molecule has 0 amide bonds. The minimum Gasteiger partial charge on any atom is -0.494 e. The molecule has 3 aromatic rings. The second-order valence-corrected chi connectivity index (χ2v) is 8.49. The number of aromatic nitrogens is 4. The summed E-state index contributed by atoms with van der Waals surface area (Å²) in [4.78, 5) is 33.0. The van der Waals surface area contributed by atoms with Gasteiger partial charge in [0.05, 0.1) is 6.61 Å². The number of hydrogen-bond donors (Lipinski definition) is 0. The van der Waals surface area contributed by atoms with E-state index in [0.29, 0.717) is 42.7 Å². The van der Waals surface area contributed by atoms with Crippen LogP contribution in [0.3, 0.4) is 0 Å². The molecule has 160 valence electrons. The molecule has 8 heteroatoms. The number of hydrogen-bond acceptors (Lipinski definition) is 5. The van der Waals surface area contributed by atoms with Crippen molar-refractivity contribution in [3.05, 3.63) is 45.1 Å². The molecule has 30 heavy (non-hydrogen) atoms. The third-order valence-electron chi connectivity index (χ3n) is 5.45. The zero-order valence-electron chi connectivity index (χ0n) is 18.3. The highest BCUT2D eigenvalue weighted by Crippen LogP contribution is 2.33. The van der Waals surface area contributed by atoms with Crippen molar-refractivity contribution in [1.29, 1.82) is 0 Å². The molecule has 1 atom stereocenters. The van der Waals surface area contributed by atoms with Gasteiger partial charge in [-0.25, -0.2) is 4.79 Å². The van der Waals surface area contributed by atoms with Crippen LogP contribution in [0.15, 0.2) is 33.9 Å². The van der Waals surface area contributed by atoms with Gasteiger partial charge < -0.3 is 14.2 Å². The number of imidazole rings is 1. The zero-order valence-corrected chi connectivity index (χ0v) is 18.3. The number of anilines is 2. The molecule has 8 nitrogen and oxygen atoms in total. The molecule has 3 heterocycles. The Morgan fingerprint density at radius 2 is 1.87 bits per heavy atom. The minimum atomic E-state index is -0.322. The largest absolute Gasteiger partial charge is 0.494 e. The smallest absolute Gasteiger partial charge is 0.332 e. The second-order valence-electron chi connectivity index (χ2n) is 8.49. The molecule has 1 aromatic carbocycles. The van der Waals surface area contributed by atoms with Crippen LogP contribution >= 0.6 is 0 Å². The highest BCUT2D eigenvalue weighted by Gasteiger charge is 2.29. The number of ether oxygens (including phenoxy) is 1. The Bertz CT molecular complexity index is 1190. The summed E-state index contributed by atoms with van der Waals surface area (Å²) in [6.45, 7) is 10.6. The molecule has 1 unspecified atom stereocenters. The van der Waals surface area contributed by atoms with Crippen LogP contribution in [0.1, 0.15) is 27.7 Å². The first-order valence-corrected chi connectivity index (χ1v) is 10.5. The highest BCUT2D eigenvalue weighted by molar-refractivity contribution is 5.77. The van der Waals surface area contributed by atoms with Gasteiger partial charge >= 0.3 is 5.69 Å². The summed E-state index contributed by atoms with van der Waals surface area (Å²) in [6, 6.07) is 7.89. The number of fused-ring (bicyclic) bond motifs is 3. The van der Waals surface area contributed by atoms with Crippen molar-refractivity contribution in [1.82, 2.24) is 18.7 Å². The van der Waals surface area contributed by atoms with Crippen LogP contribution < -0.4 is 20.9 Å². The van der Waals surface area contributed by atoms with Gasteiger partial charge in [-0.15, -0.1) is 0 Å². The normalized spacial score (nSPS) is 16.3. The Kier molecular flexibility index (Phi) is 5.17. The summed E-state index contributed by atoms with van der Waals surface area (Å²) in [5.41, 5.74) is 1.33. The lowest BCUT2D eigenvalue weighted by Gasteiger charge is -2.33. The lowest BCUT2D eigenvalue weighted by Crippen LogP contribution is -2.41. The Morgan fingerprint density at radius 1 is 1.17 bits per heavy atom. The van der Waals surface area contributed by atoms with Gasteiger partial charge in [0.15, 0.2) is 11.2 Å². The third kappa shape index (κ3) is 3.30. The van der Waals surface area contributed by atoms with E-state index < -0.39 is 0 Å². The average Bonchev–Trinajstić information content (AvgIpc) is 3.09. The molecule has 2 aromatic heterocycles. The van der Waals surface area contributed by atoms with Crippen LogP contribution in [0.25, 0.3) is 11.2 Å². The number of rotatable bonds is 5. The fraction of sp³-hybridized carbons (Fsp3) is 0.500. The maximum Gasteiger partial charge on any atom is 0.332 e. The van der Waals surface area contributed by atoms with E-state index in [0.717, 1.165) is 18.0 Å². The molecule has 0 bridgehead atoms. The third-order valence-corrected chi connectivity index (χ3v) is 5.45. The monoisotopic (exact) mass is 411 g/mol. The van der Waals surface area contributed by atoms with Crippen LogP contribution in [0.5, 0.6) is 5.75 Å². The van der Waals surface area contributed by atoms with Crippen molar-refractivity contribution in [3.63, 3.8) is 0 Å². The van der Waals surface area contributed by atoms with Gasteiger partial charge in [-0.1, -0.05) is 20.8 Å². The Hall–Kier alpha value is -3.03. The molecule has 0 aliphatic carbocycles. The molecule has 0 radical (unpaired) electrons. The van der Waals surface area contributed by atoms with E-state index in [-0.39, 0.29) is 17.2 Å². The summed E-state index contributed by atoms with van der Waals surface area (Å²) in [5.74, 6) is 2.02. The molecule has 0 N–H and O–H groups in total. The van der Waals surface area contributed by atoms with Crippen LogP contribution in [-0.2, 0) is 20.1 Å². The van der Waals surface area contributed by atoms with Crippen molar-refractivity contribution in [3.8, 4) is 5.75 Å². The molecule has 0 fully saturated rings. The first kappa shape index (κ1) is 20.3. The van der Waals surface area contributed by atoms with E-state index in [2.05, 4.69) is 11.8 Å². The quantitative estimate of drug-likeness (QED) is 0.645. The topological polar surface area (TPSA) is 74.3 Å². The predicted octanol–water partition coefficient (Wildman–Crippen LogP) is 2.74. The van der Waals surface area contributed by atoms with E-state index in [1.54, 1.807) is 7.05 Å². The Morgan fingerprint density at radius 3 is 2.50 bits per heavy atom. The van der Waals surface area contributed by atoms with Gasteiger partial charge in [0.25, 0.3) is 5.56 Å². The first-order valence-electron chi connectivity index (χ1n) is 10.5. The van der Waals surface area contributed by atoms with Crippen molar-refractivity contribution in [2.24, 2.45) is 18.9 Å². The summed E-state index contributed by atoms with van der Waals surface area (Å²) < 4.78 is 10.4. The molecular formula is C22H29N5O3. The van der Waals surface area contributed by atoms with Gasteiger partial charge in [0.1, 0.15) is 5.75 Å². The van der Waals surface area contributed by atoms with Crippen molar-refractivity contribution in [2.45, 2.75) is 40.8 Å². The lowest BCUT2D eigenvalue weighted by molar-refractivity contribution is 0.340. The molecule has 0 spiro atoms. The summed E-state index contributed by atoms with van der Waals surface area (Å²) >= 11 is 0. The Balaban J connectivity index is 1.91. The van der Waals surface area contributed by atoms with E-state index >= 15 is 0 Å².